The maximum atomic E-state index is 12.9. The Bertz CT molecular complexity index is 961. The van der Waals surface area contributed by atoms with E-state index >= 15 is 0 Å². The smallest absolute Gasteiger partial charge is 0.244 e. The number of benzene rings is 1. The Balaban J connectivity index is 1.63. The molecule has 0 bridgehead atoms. The standard InChI is InChI=1S/C18H19Cl2N3O3S2/c1-27-17-5-3-14(11-21-17)22-18(24)12-6-8-23(9-7-12)28(25,26)16-10-13(19)2-4-15(16)20/h2-5,10-12H,6-9H2,1H3,(H,22,24). The first-order valence-corrected chi connectivity index (χ1v) is 12.0. The summed E-state index contributed by atoms with van der Waals surface area (Å²) in [6.07, 6.45) is 4.41. The molecule has 2 aromatic rings. The van der Waals surface area contributed by atoms with Crippen LogP contribution < -0.4 is 5.32 Å². The average Bonchev–Trinajstić information content (AvgIpc) is 2.70. The molecule has 150 valence electrons. The molecule has 3 rings (SSSR count). The third-order valence-electron chi connectivity index (χ3n) is 4.55. The number of nitrogens with one attached hydrogen (secondary N) is 1. The number of aromatic nitrogens is 1. The number of thioether (sulfide) groups is 1. The van der Waals surface area contributed by atoms with Gasteiger partial charge in [0.25, 0.3) is 0 Å². The van der Waals surface area contributed by atoms with Crippen LogP contribution in [-0.4, -0.2) is 43.0 Å². The molecule has 0 aliphatic carbocycles. The third kappa shape index (κ3) is 4.80. The fraction of sp³-hybridized carbons (Fsp3) is 0.333. The van der Waals surface area contributed by atoms with Crippen LogP contribution in [0.4, 0.5) is 5.69 Å². The zero-order chi connectivity index (χ0) is 20.3. The van der Waals surface area contributed by atoms with E-state index in [1.807, 2.05) is 12.3 Å². The number of anilines is 1. The van der Waals surface area contributed by atoms with Crippen molar-refractivity contribution in [3.63, 3.8) is 0 Å². The SMILES string of the molecule is CSc1ccc(NC(=O)C2CCN(S(=O)(=O)c3cc(Cl)ccc3Cl)CC2)cn1. The van der Waals surface area contributed by atoms with Crippen LogP contribution in [-0.2, 0) is 14.8 Å². The lowest BCUT2D eigenvalue weighted by Crippen LogP contribution is -2.41. The first kappa shape index (κ1) is 21.4. The number of pyridine rings is 1. The average molecular weight is 460 g/mol. The fourth-order valence-electron chi connectivity index (χ4n) is 2.99. The highest BCUT2D eigenvalue weighted by atomic mass is 35.5. The number of carbonyl (C=O) groups is 1. The van der Waals surface area contributed by atoms with Crippen molar-refractivity contribution < 1.29 is 13.2 Å². The molecule has 28 heavy (non-hydrogen) atoms. The van der Waals surface area contributed by atoms with Crippen molar-refractivity contribution in [2.45, 2.75) is 22.8 Å². The lowest BCUT2D eigenvalue weighted by molar-refractivity contribution is -0.120. The van der Waals surface area contributed by atoms with Crippen LogP contribution in [0.5, 0.6) is 0 Å². The maximum absolute atomic E-state index is 12.9. The first-order chi connectivity index (χ1) is 13.3. The van der Waals surface area contributed by atoms with Gasteiger partial charge in [0.15, 0.2) is 0 Å². The zero-order valence-corrected chi connectivity index (χ0v) is 18.2. The number of hydrogen-bond donors (Lipinski definition) is 1. The minimum absolute atomic E-state index is 0.00970. The Morgan fingerprint density at radius 2 is 1.93 bits per heavy atom. The van der Waals surface area contributed by atoms with Crippen LogP contribution in [0.25, 0.3) is 0 Å². The number of carbonyl (C=O) groups excluding carboxylic acids is 1. The summed E-state index contributed by atoms with van der Waals surface area (Å²) in [7, 11) is -3.76. The van der Waals surface area contributed by atoms with E-state index in [0.29, 0.717) is 23.6 Å². The summed E-state index contributed by atoms with van der Waals surface area (Å²) in [4.78, 5) is 16.7. The van der Waals surface area contributed by atoms with E-state index in [1.165, 1.54) is 28.2 Å². The van der Waals surface area contributed by atoms with Crippen molar-refractivity contribution >= 4 is 56.6 Å². The van der Waals surface area contributed by atoms with Crippen molar-refractivity contribution in [1.29, 1.82) is 0 Å². The topological polar surface area (TPSA) is 79.4 Å². The largest absolute Gasteiger partial charge is 0.324 e. The van der Waals surface area contributed by atoms with Crippen molar-refractivity contribution in [2.75, 3.05) is 24.7 Å². The summed E-state index contributed by atoms with van der Waals surface area (Å²) in [6.45, 7) is 0.486. The molecule has 6 nitrogen and oxygen atoms in total. The van der Waals surface area contributed by atoms with Crippen LogP contribution in [0.1, 0.15) is 12.8 Å². The summed E-state index contributed by atoms with van der Waals surface area (Å²) in [5.74, 6) is -0.391. The lowest BCUT2D eigenvalue weighted by Gasteiger charge is -2.30. The van der Waals surface area contributed by atoms with Gasteiger partial charge in [-0.15, -0.1) is 11.8 Å². The Morgan fingerprint density at radius 1 is 1.21 bits per heavy atom. The number of halogens is 2. The highest BCUT2D eigenvalue weighted by molar-refractivity contribution is 7.98. The van der Waals surface area contributed by atoms with Crippen molar-refractivity contribution in [3.8, 4) is 0 Å². The lowest BCUT2D eigenvalue weighted by atomic mass is 9.97. The van der Waals surface area contributed by atoms with E-state index in [4.69, 9.17) is 23.2 Å². The minimum Gasteiger partial charge on any atom is -0.324 e. The van der Waals surface area contributed by atoms with E-state index in [0.717, 1.165) is 5.03 Å². The van der Waals surface area contributed by atoms with Gasteiger partial charge in [0.2, 0.25) is 15.9 Å². The van der Waals surface area contributed by atoms with E-state index in [-0.39, 0.29) is 34.8 Å². The Kier molecular flexibility index (Phi) is 6.88. The molecule has 0 atom stereocenters. The third-order valence-corrected chi connectivity index (χ3v) is 7.82. The fourth-order valence-corrected chi connectivity index (χ4v) is 5.56. The van der Waals surface area contributed by atoms with Crippen LogP contribution in [0.3, 0.4) is 0 Å². The first-order valence-electron chi connectivity index (χ1n) is 8.57. The van der Waals surface area contributed by atoms with Crippen LogP contribution in [0.15, 0.2) is 46.5 Å². The second kappa shape index (κ2) is 9.00. The van der Waals surface area contributed by atoms with Gasteiger partial charge >= 0.3 is 0 Å². The number of nitrogens with zero attached hydrogens (tertiary/aromatic N) is 2. The number of amides is 1. The van der Waals surface area contributed by atoms with Crippen molar-refractivity contribution in [3.05, 3.63) is 46.6 Å². The van der Waals surface area contributed by atoms with Gasteiger partial charge in [-0.3, -0.25) is 4.79 Å². The van der Waals surface area contributed by atoms with Gasteiger partial charge in [-0.1, -0.05) is 23.2 Å². The summed E-state index contributed by atoms with van der Waals surface area (Å²) < 4.78 is 27.1. The molecular weight excluding hydrogens is 441 g/mol. The van der Waals surface area contributed by atoms with E-state index in [2.05, 4.69) is 10.3 Å². The van der Waals surface area contributed by atoms with Crippen molar-refractivity contribution in [2.24, 2.45) is 5.92 Å². The normalized spacial score (nSPS) is 16.1. The van der Waals surface area contributed by atoms with Crippen LogP contribution in [0, 0.1) is 5.92 Å². The summed E-state index contributed by atoms with van der Waals surface area (Å²) in [5.41, 5.74) is 0.628. The van der Waals surface area contributed by atoms with Gasteiger partial charge < -0.3 is 5.32 Å². The van der Waals surface area contributed by atoms with Gasteiger partial charge in [0, 0.05) is 24.0 Å². The molecule has 1 fully saturated rings. The highest BCUT2D eigenvalue weighted by Crippen LogP contribution is 2.30. The molecule has 0 spiro atoms. The van der Waals surface area contributed by atoms with Gasteiger partial charge in [0.05, 0.1) is 21.9 Å². The maximum Gasteiger partial charge on any atom is 0.244 e. The van der Waals surface area contributed by atoms with E-state index in [1.54, 1.807) is 18.3 Å². The van der Waals surface area contributed by atoms with Gasteiger partial charge in [-0.05, 0) is 49.4 Å². The van der Waals surface area contributed by atoms with Crippen LogP contribution >= 0.6 is 35.0 Å². The van der Waals surface area contributed by atoms with Gasteiger partial charge in [0.1, 0.15) is 4.90 Å². The molecule has 1 N–H and O–H groups in total. The molecule has 1 amide bonds. The molecule has 1 aliphatic heterocycles. The molecule has 2 heterocycles. The Morgan fingerprint density at radius 3 is 2.54 bits per heavy atom. The van der Waals surface area contributed by atoms with Crippen molar-refractivity contribution in [1.82, 2.24) is 9.29 Å². The second-order valence-electron chi connectivity index (χ2n) is 6.33. The van der Waals surface area contributed by atoms with Gasteiger partial charge in [-0.25, -0.2) is 13.4 Å². The zero-order valence-electron chi connectivity index (χ0n) is 15.1. The molecule has 0 saturated carbocycles. The predicted octanol–water partition coefficient (Wildman–Crippen LogP) is 4.15. The quantitative estimate of drug-likeness (QED) is 0.679. The molecule has 10 heteroatoms. The van der Waals surface area contributed by atoms with E-state index < -0.39 is 10.0 Å². The molecule has 0 radical (unpaired) electrons. The molecule has 1 aliphatic rings. The van der Waals surface area contributed by atoms with Crippen LogP contribution in [0.2, 0.25) is 10.0 Å². The Labute approximate surface area is 178 Å². The number of piperidine rings is 1. The number of rotatable bonds is 5. The molecule has 1 aromatic heterocycles. The number of sulfonamides is 1. The highest BCUT2D eigenvalue weighted by Gasteiger charge is 2.33. The summed E-state index contributed by atoms with van der Waals surface area (Å²) >= 11 is 13.5. The summed E-state index contributed by atoms with van der Waals surface area (Å²) in [6, 6.07) is 8.00. The summed E-state index contributed by atoms with van der Waals surface area (Å²) in [5, 5.41) is 4.15. The molecular formula is C18H19Cl2N3O3S2. The minimum atomic E-state index is -3.76. The Hall–Kier alpha value is -1.32. The van der Waals surface area contributed by atoms with Gasteiger partial charge in [-0.2, -0.15) is 4.31 Å². The monoisotopic (exact) mass is 459 g/mol. The number of hydrogen-bond acceptors (Lipinski definition) is 5. The predicted molar refractivity (Wildman–Crippen MR) is 113 cm³/mol. The molecule has 1 aromatic carbocycles. The van der Waals surface area contributed by atoms with E-state index in [9.17, 15) is 13.2 Å². The second-order valence-corrected chi connectivity index (χ2v) is 9.91. The molecule has 1 saturated heterocycles. The molecule has 0 unspecified atom stereocenters.